The lowest BCUT2D eigenvalue weighted by atomic mass is 9.93. The second-order valence-corrected chi connectivity index (χ2v) is 7.77. The van der Waals surface area contributed by atoms with Crippen LogP contribution in [0.5, 0.6) is 0 Å². The minimum absolute atomic E-state index is 0.0410. The zero-order chi connectivity index (χ0) is 15.6. The Morgan fingerprint density at radius 3 is 2.67 bits per heavy atom. The van der Waals surface area contributed by atoms with E-state index in [1.54, 1.807) is 23.5 Å². The minimum atomic E-state index is -0.279. The van der Waals surface area contributed by atoms with E-state index in [1.807, 2.05) is 0 Å². The van der Waals surface area contributed by atoms with Crippen molar-refractivity contribution < 1.29 is 4.39 Å². The van der Waals surface area contributed by atoms with Crippen molar-refractivity contribution in [1.29, 1.82) is 0 Å². The number of nitrogens with zero attached hydrogens (tertiary/aromatic N) is 1. The van der Waals surface area contributed by atoms with Gasteiger partial charge in [-0.3, -0.25) is 11.3 Å². The molecule has 114 valence electrons. The molecule has 0 aliphatic carbocycles. The van der Waals surface area contributed by atoms with Gasteiger partial charge in [0, 0.05) is 17.2 Å². The molecule has 6 heteroatoms. The lowest BCUT2D eigenvalue weighted by Gasteiger charge is -2.16. The molecule has 1 heterocycles. The van der Waals surface area contributed by atoms with Gasteiger partial charge in [0.25, 0.3) is 0 Å². The summed E-state index contributed by atoms with van der Waals surface area (Å²) in [6.45, 7) is 6.42. The van der Waals surface area contributed by atoms with Crippen LogP contribution in [-0.4, -0.2) is 4.98 Å². The van der Waals surface area contributed by atoms with E-state index in [9.17, 15) is 4.39 Å². The molecule has 0 bridgehead atoms. The summed E-state index contributed by atoms with van der Waals surface area (Å²) in [5.74, 6) is 5.37. The van der Waals surface area contributed by atoms with Gasteiger partial charge in [-0.05, 0) is 33.6 Å². The number of thiazole rings is 1. The Balaban J connectivity index is 2.19. The van der Waals surface area contributed by atoms with Gasteiger partial charge in [-0.25, -0.2) is 9.37 Å². The van der Waals surface area contributed by atoms with Crippen molar-refractivity contribution in [2.75, 3.05) is 0 Å². The first-order valence-corrected chi connectivity index (χ1v) is 8.34. The molecule has 3 N–H and O–H groups in total. The second kappa shape index (κ2) is 6.52. The molecule has 1 atom stereocenters. The average Bonchev–Trinajstić information content (AvgIpc) is 2.88. The van der Waals surface area contributed by atoms with E-state index < -0.39 is 0 Å². The number of halogens is 2. The highest BCUT2D eigenvalue weighted by Gasteiger charge is 2.19. The Morgan fingerprint density at radius 2 is 2.14 bits per heavy atom. The van der Waals surface area contributed by atoms with Gasteiger partial charge in [-0.1, -0.05) is 26.8 Å². The third-order valence-electron chi connectivity index (χ3n) is 3.25. The summed E-state index contributed by atoms with van der Waals surface area (Å²) in [6.07, 6.45) is 0.676. The molecule has 0 saturated heterocycles. The predicted octanol–water partition coefficient (Wildman–Crippen LogP) is 4.09. The zero-order valence-corrected chi connectivity index (χ0v) is 14.7. The third-order valence-corrected chi connectivity index (χ3v) is 4.72. The fourth-order valence-corrected chi connectivity index (χ4v) is 3.39. The highest BCUT2D eigenvalue weighted by atomic mass is 79.9. The van der Waals surface area contributed by atoms with E-state index in [2.05, 4.69) is 52.5 Å². The zero-order valence-electron chi connectivity index (χ0n) is 12.3. The van der Waals surface area contributed by atoms with Crippen LogP contribution in [0.15, 0.2) is 28.1 Å². The maximum absolute atomic E-state index is 13.3. The Hall–Kier alpha value is -0.820. The smallest absolute Gasteiger partial charge is 0.137 e. The van der Waals surface area contributed by atoms with Crippen LogP contribution in [0, 0.1) is 5.82 Å². The third kappa shape index (κ3) is 4.10. The quantitative estimate of drug-likeness (QED) is 0.628. The second-order valence-electron chi connectivity index (χ2n) is 5.97. The number of hydrazine groups is 1. The summed E-state index contributed by atoms with van der Waals surface area (Å²) in [5.41, 5.74) is 4.84. The minimum Gasteiger partial charge on any atom is -0.271 e. The van der Waals surface area contributed by atoms with E-state index in [1.165, 1.54) is 6.07 Å². The lowest BCUT2D eigenvalue weighted by Crippen LogP contribution is -2.29. The molecule has 1 aromatic heterocycles. The molecule has 0 fully saturated rings. The van der Waals surface area contributed by atoms with Crippen molar-refractivity contribution >= 4 is 27.3 Å². The fourth-order valence-electron chi connectivity index (χ4n) is 1.93. The molecule has 2 aromatic rings. The number of aromatic nitrogens is 1. The van der Waals surface area contributed by atoms with Crippen LogP contribution < -0.4 is 11.3 Å². The van der Waals surface area contributed by atoms with Crippen LogP contribution in [0.4, 0.5) is 4.39 Å². The summed E-state index contributed by atoms with van der Waals surface area (Å²) < 4.78 is 13.8. The lowest BCUT2D eigenvalue weighted by molar-refractivity contribution is 0.538. The molecule has 1 unspecified atom stereocenters. The van der Waals surface area contributed by atoms with Crippen molar-refractivity contribution in [3.8, 4) is 0 Å². The normalized spacial score (nSPS) is 13.4. The SMILES string of the molecule is CC(C)(C)c1csc(CC(NN)c2ccc(F)c(Br)c2)n1. The number of hydrogen-bond acceptors (Lipinski definition) is 4. The van der Waals surface area contributed by atoms with Gasteiger partial charge in [-0.2, -0.15) is 0 Å². The Bertz CT molecular complexity index is 622. The molecule has 21 heavy (non-hydrogen) atoms. The number of nitrogens with two attached hydrogens (primary N) is 1. The predicted molar refractivity (Wildman–Crippen MR) is 88.7 cm³/mol. The highest BCUT2D eigenvalue weighted by Crippen LogP contribution is 2.28. The van der Waals surface area contributed by atoms with Crippen LogP contribution in [-0.2, 0) is 11.8 Å². The van der Waals surface area contributed by atoms with Gasteiger partial charge in [0.05, 0.1) is 21.2 Å². The number of rotatable bonds is 4. The Morgan fingerprint density at radius 1 is 1.43 bits per heavy atom. The molecular formula is C15H19BrFN3S. The molecular weight excluding hydrogens is 353 g/mol. The van der Waals surface area contributed by atoms with E-state index >= 15 is 0 Å². The largest absolute Gasteiger partial charge is 0.271 e. The van der Waals surface area contributed by atoms with E-state index in [4.69, 9.17) is 5.84 Å². The summed E-state index contributed by atoms with van der Waals surface area (Å²) in [5, 5.41) is 3.10. The summed E-state index contributed by atoms with van der Waals surface area (Å²) in [7, 11) is 0. The van der Waals surface area contributed by atoms with Gasteiger partial charge >= 0.3 is 0 Å². The molecule has 0 amide bonds. The maximum Gasteiger partial charge on any atom is 0.137 e. The van der Waals surface area contributed by atoms with E-state index in [0.717, 1.165) is 16.3 Å². The van der Waals surface area contributed by atoms with Gasteiger partial charge in [0.2, 0.25) is 0 Å². The number of benzene rings is 1. The summed E-state index contributed by atoms with van der Waals surface area (Å²) in [6, 6.07) is 4.83. The average molecular weight is 372 g/mol. The maximum atomic E-state index is 13.3. The van der Waals surface area contributed by atoms with Crippen molar-refractivity contribution in [1.82, 2.24) is 10.4 Å². The summed E-state index contributed by atoms with van der Waals surface area (Å²) >= 11 is 4.83. The van der Waals surface area contributed by atoms with Crippen LogP contribution in [0.3, 0.4) is 0 Å². The van der Waals surface area contributed by atoms with Crippen LogP contribution in [0.25, 0.3) is 0 Å². The molecule has 0 aliphatic heterocycles. The highest BCUT2D eigenvalue weighted by molar-refractivity contribution is 9.10. The molecule has 0 aliphatic rings. The molecule has 0 spiro atoms. The number of nitrogens with one attached hydrogen (secondary N) is 1. The first-order valence-electron chi connectivity index (χ1n) is 6.67. The molecule has 2 rings (SSSR count). The van der Waals surface area contributed by atoms with Gasteiger partial charge < -0.3 is 0 Å². The van der Waals surface area contributed by atoms with Gasteiger partial charge in [-0.15, -0.1) is 11.3 Å². The van der Waals surface area contributed by atoms with Crippen molar-refractivity contribution in [2.45, 2.75) is 38.6 Å². The topological polar surface area (TPSA) is 50.9 Å². The Kier molecular flexibility index (Phi) is 5.14. The van der Waals surface area contributed by atoms with Crippen molar-refractivity contribution in [3.05, 3.63) is 50.1 Å². The molecule has 0 saturated carbocycles. The van der Waals surface area contributed by atoms with Crippen molar-refractivity contribution in [2.24, 2.45) is 5.84 Å². The monoisotopic (exact) mass is 371 g/mol. The van der Waals surface area contributed by atoms with Crippen molar-refractivity contribution in [3.63, 3.8) is 0 Å². The molecule has 0 radical (unpaired) electrons. The van der Waals surface area contributed by atoms with Crippen LogP contribution >= 0.6 is 27.3 Å². The van der Waals surface area contributed by atoms with E-state index in [0.29, 0.717) is 10.9 Å². The molecule has 1 aromatic carbocycles. The fraction of sp³-hybridized carbons (Fsp3) is 0.400. The Labute approximate surface area is 136 Å². The first-order chi connectivity index (χ1) is 9.81. The van der Waals surface area contributed by atoms with E-state index in [-0.39, 0.29) is 17.3 Å². The standard InChI is InChI=1S/C15H19BrFN3S/c1-15(2,3)13-8-21-14(19-13)7-12(20-18)9-4-5-11(17)10(16)6-9/h4-6,8,12,20H,7,18H2,1-3H3. The van der Waals surface area contributed by atoms with Crippen LogP contribution in [0.1, 0.15) is 43.1 Å². The van der Waals surface area contributed by atoms with Gasteiger partial charge in [0.15, 0.2) is 0 Å². The number of hydrogen-bond donors (Lipinski definition) is 2. The first kappa shape index (κ1) is 16.5. The summed E-state index contributed by atoms with van der Waals surface area (Å²) in [4.78, 5) is 4.67. The van der Waals surface area contributed by atoms with Gasteiger partial charge in [0.1, 0.15) is 5.82 Å². The molecule has 3 nitrogen and oxygen atoms in total. The van der Waals surface area contributed by atoms with Crippen LogP contribution in [0.2, 0.25) is 0 Å².